The van der Waals surface area contributed by atoms with Gasteiger partial charge in [0.2, 0.25) is 0 Å². The van der Waals surface area contributed by atoms with Crippen molar-refractivity contribution in [2.45, 2.75) is 70.6 Å². The van der Waals surface area contributed by atoms with Crippen LogP contribution in [0, 0.1) is 0 Å². The van der Waals surface area contributed by atoms with Gasteiger partial charge in [0.1, 0.15) is 0 Å². The zero-order chi connectivity index (χ0) is 10.6. The van der Waals surface area contributed by atoms with Crippen molar-refractivity contribution in [2.75, 3.05) is 0 Å². The quantitative estimate of drug-likeness (QED) is 0.530. The maximum Gasteiger partial charge on any atom is 0.0813 e. The molecule has 2 unspecified atom stereocenters. The minimum absolute atomic E-state index is 0.108. The van der Waals surface area contributed by atoms with E-state index in [1.54, 1.807) is 0 Å². The molecule has 0 aromatic carbocycles. The Bertz CT molecular complexity index is 165. The van der Waals surface area contributed by atoms with Crippen LogP contribution in [0.25, 0.3) is 0 Å². The second kappa shape index (κ2) is 5.10. The van der Waals surface area contributed by atoms with Crippen molar-refractivity contribution in [3.63, 3.8) is 0 Å². The summed E-state index contributed by atoms with van der Waals surface area (Å²) in [5, 5.41) is 9.80. The third kappa shape index (κ3) is 4.40. The molecule has 14 heavy (non-hydrogen) atoms. The molecule has 1 aliphatic carbocycles. The normalized spacial score (nSPS) is 30.0. The molecule has 0 spiro atoms. The van der Waals surface area contributed by atoms with Crippen molar-refractivity contribution in [2.24, 2.45) is 0 Å². The van der Waals surface area contributed by atoms with Gasteiger partial charge in [-0.2, -0.15) is 5.48 Å². The summed E-state index contributed by atoms with van der Waals surface area (Å²) in [6, 6.07) is 0.108. The molecule has 0 radical (unpaired) electrons. The summed E-state index contributed by atoms with van der Waals surface area (Å²) in [4.78, 5) is 5.48. The van der Waals surface area contributed by atoms with Gasteiger partial charge in [-0.1, -0.05) is 19.3 Å². The van der Waals surface area contributed by atoms with Crippen LogP contribution < -0.4 is 5.48 Å². The summed E-state index contributed by atoms with van der Waals surface area (Å²) in [6.07, 6.45) is 5.20. The molecule has 0 aromatic heterocycles. The first-order chi connectivity index (χ1) is 6.49. The largest absolute Gasteiger partial charge is 0.391 e. The van der Waals surface area contributed by atoms with Crippen LogP contribution in [0.4, 0.5) is 0 Å². The highest BCUT2D eigenvalue weighted by Crippen LogP contribution is 2.18. The topological polar surface area (TPSA) is 41.5 Å². The van der Waals surface area contributed by atoms with Gasteiger partial charge in [-0.3, -0.25) is 4.84 Å². The average molecular weight is 201 g/mol. The van der Waals surface area contributed by atoms with Gasteiger partial charge in [0.15, 0.2) is 0 Å². The van der Waals surface area contributed by atoms with Crippen molar-refractivity contribution >= 4 is 0 Å². The molecule has 2 atom stereocenters. The van der Waals surface area contributed by atoms with Gasteiger partial charge in [0.05, 0.1) is 17.7 Å². The highest BCUT2D eigenvalue weighted by molar-refractivity contribution is 4.76. The van der Waals surface area contributed by atoms with E-state index in [1.165, 1.54) is 12.8 Å². The number of hydrogen-bond donors (Lipinski definition) is 2. The summed E-state index contributed by atoms with van der Waals surface area (Å²) < 4.78 is 0. The molecule has 0 bridgehead atoms. The van der Waals surface area contributed by atoms with Gasteiger partial charge in [-0.25, -0.2) is 0 Å². The smallest absolute Gasteiger partial charge is 0.0813 e. The van der Waals surface area contributed by atoms with Crippen LogP contribution in [0.2, 0.25) is 0 Å². The maximum absolute atomic E-state index is 9.80. The Labute approximate surface area is 86.8 Å². The van der Waals surface area contributed by atoms with E-state index in [0.717, 1.165) is 19.3 Å². The van der Waals surface area contributed by atoms with Gasteiger partial charge in [0.25, 0.3) is 0 Å². The zero-order valence-electron chi connectivity index (χ0n) is 9.55. The fraction of sp³-hybridized carbons (Fsp3) is 1.00. The number of aliphatic hydroxyl groups excluding tert-OH is 1. The van der Waals surface area contributed by atoms with E-state index in [2.05, 4.69) is 5.48 Å². The van der Waals surface area contributed by atoms with Gasteiger partial charge in [-0.05, 0) is 33.6 Å². The van der Waals surface area contributed by atoms with Crippen LogP contribution >= 0.6 is 0 Å². The van der Waals surface area contributed by atoms with Crippen LogP contribution in [0.3, 0.4) is 0 Å². The highest BCUT2D eigenvalue weighted by atomic mass is 16.7. The average Bonchev–Trinajstić information content (AvgIpc) is 2.25. The van der Waals surface area contributed by atoms with Crippen LogP contribution in [0.1, 0.15) is 52.9 Å². The van der Waals surface area contributed by atoms with Crippen LogP contribution in [0.5, 0.6) is 0 Å². The number of rotatable bonds is 2. The predicted molar refractivity (Wildman–Crippen MR) is 56.9 cm³/mol. The summed E-state index contributed by atoms with van der Waals surface area (Å²) in [6.45, 7) is 6.01. The molecule has 1 fully saturated rings. The van der Waals surface area contributed by atoms with Crippen LogP contribution in [0.15, 0.2) is 0 Å². The molecular weight excluding hydrogens is 178 g/mol. The van der Waals surface area contributed by atoms with Crippen LogP contribution in [-0.4, -0.2) is 22.9 Å². The van der Waals surface area contributed by atoms with E-state index < -0.39 is 0 Å². The number of hydrogen-bond acceptors (Lipinski definition) is 3. The van der Waals surface area contributed by atoms with Crippen molar-refractivity contribution in [1.82, 2.24) is 5.48 Å². The van der Waals surface area contributed by atoms with Crippen molar-refractivity contribution in [3.05, 3.63) is 0 Å². The van der Waals surface area contributed by atoms with E-state index >= 15 is 0 Å². The minimum atomic E-state index is -0.250. The zero-order valence-corrected chi connectivity index (χ0v) is 9.55. The second-order valence-corrected chi connectivity index (χ2v) is 5.14. The summed E-state index contributed by atoms with van der Waals surface area (Å²) >= 11 is 0. The number of aliphatic hydroxyl groups is 1. The van der Waals surface area contributed by atoms with Gasteiger partial charge in [0, 0.05) is 0 Å². The third-order valence-electron chi connectivity index (χ3n) is 2.50. The minimum Gasteiger partial charge on any atom is -0.391 e. The van der Waals surface area contributed by atoms with Crippen molar-refractivity contribution < 1.29 is 9.94 Å². The van der Waals surface area contributed by atoms with Crippen molar-refractivity contribution in [3.8, 4) is 0 Å². The lowest BCUT2D eigenvalue weighted by molar-refractivity contribution is -0.106. The molecule has 1 saturated carbocycles. The molecule has 1 rings (SSSR count). The second-order valence-electron chi connectivity index (χ2n) is 5.14. The van der Waals surface area contributed by atoms with Crippen molar-refractivity contribution in [1.29, 1.82) is 0 Å². The Balaban J connectivity index is 2.33. The Morgan fingerprint density at radius 3 is 2.43 bits per heavy atom. The van der Waals surface area contributed by atoms with E-state index in [1.807, 2.05) is 20.8 Å². The Morgan fingerprint density at radius 2 is 1.79 bits per heavy atom. The Morgan fingerprint density at radius 1 is 1.14 bits per heavy atom. The van der Waals surface area contributed by atoms with Gasteiger partial charge in [-0.15, -0.1) is 0 Å². The molecule has 0 aliphatic heterocycles. The fourth-order valence-electron chi connectivity index (χ4n) is 1.68. The molecule has 0 saturated heterocycles. The number of nitrogens with one attached hydrogen (secondary N) is 1. The highest BCUT2D eigenvalue weighted by Gasteiger charge is 2.23. The predicted octanol–water partition coefficient (Wildman–Crippen LogP) is 2.00. The van der Waals surface area contributed by atoms with Crippen LogP contribution in [-0.2, 0) is 4.84 Å². The Kier molecular flexibility index (Phi) is 4.35. The summed E-state index contributed by atoms with van der Waals surface area (Å²) in [5.74, 6) is 0. The Hall–Kier alpha value is -0.120. The lowest BCUT2D eigenvalue weighted by Gasteiger charge is -2.27. The monoisotopic (exact) mass is 201 g/mol. The summed E-state index contributed by atoms with van der Waals surface area (Å²) in [7, 11) is 0. The first-order valence-electron chi connectivity index (χ1n) is 5.60. The standard InChI is InChI=1S/C11H23NO2/c1-11(2,3)14-12-9-7-5-4-6-8-10(9)13/h9-10,12-13H,4-8H2,1-3H3. The van der Waals surface area contributed by atoms with E-state index in [4.69, 9.17) is 4.84 Å². The third-order valence-corrected chi connectivity index (χ3v) is 2.50. The SMILES string of the molecule is CC(C)(C)ONC1CCCCCC1O. The number of hydroxylamine groups is 1. The lowest BCUT2D eigenvalue weighted by Crippen LogP contribution is -2.43. The molecule has 0 aromatic rings. The maximum atomic E-state index is 9.80. The van der Waals surface area contributed by atoms with Gasteiger partial charge < -0.3 is 5.11 Å². The molecule has 1 aliphatic rings. The fourth-order valence-corrected chi connectivity index (χ4v) is 1.68. The summed E-state index contributed by atoms with van der Waals surface area (Å²) in [5.41, 5.74) is 2.81. The van der Waals surface area contributed by atoms with E-state index in [9.17, 15) is 5.11 Å². The molecule has 3 nitrogen and oxygen atoms in total. The molecule has 0 amide bonds. The molecule has 3 heteroatoms. The molecule has 0 heterocycles. The molecular formula is C11H23NO2. The molecule has 2 N–H and O–H groups in total. The van der Waals surface area contributed by atoms with E-state index in [-0.39, 0.29) is 17.7 Å². The first kappa shape index (κ1) is 12.0. The lowest BCUT2D eigenvalue weighted by atomic mass is 10.1. The molecule has 84 valence electrons. The first-order valence-corrected chi connectivity index (χ1v) is 5.60. The van der Waals surface area contributed by atoms with Gasteiger partial charge >= 0.3 is 0 Å². The van der Waals surface area contributed by atoms with E-state index in [0.29, 0.717) is 0 Å².